The molecule has 12 heteroatoms. The minimum Gasteiger partial charge on any atom is -0.335 e. The Morgan fingerprint density at radius 1 is 1.14 bits per heavy atom. The van der Waals surface area contributed by atoms with Gasteiger partial charge in [-0.25, -0.2) is 32.5 Å². The molecule has 1 aliphatic heterocycles. The van der Waals surface area contributed by atoms with E-state index in [1.54, 1.807) is 18.3 Å². The number of sulfonamides is 1. The Kier molecular flexibility index (Phi) is 5.78. The van der Waals surface area contributed by atoms with Crippen LogP contribution < -0.4 is 10.0 Å². The van der Waals surface area contributed by atoms with E-state index in [2.05, 4.69) is 41.3 Å². The van der Waals surface area contributed by atoms with Crippen LogP contribution in [0.25, 0.3) is 50.4 Å². The van der Waals surface area contributed by atoms with Gasteiger partial charge < -0.3 is 10.3 Å². The van der Waals surface area contributed by atoms with Gasteiger partial charge >= 0.3 is 0 Å². The van der Waals surface area contributed by atoms with Crippen LogP contribution in [-0.2, 0) is 16.6 Å². The molecule has 0 amide bonds. The van der Waals surface area contributed by atoms with E-state index >= 15 is 0 Å². The van der Waals surface area contributed by atoms with Crippen LogP contribution in [0.1, 0.15) is 17.7 Å². The molecule has 37 heavy (non-hydrogen) atoms. The molecule has 10 nitrogen and oxygen atoms in total. The summed E-state index contributed by atoms with van der Waals surface area (Å²) in [6, 6.07) is 10.1. The molecule has 6 rings (SSSR count). The molecule has 0 fully saturated rings. The molecular formula is C25H23FN8O2S. The average molecular weight is 519 g/mol. The van der Waals surface area contributed by atoms with Crippen LogP contribution in [0.4, 0.5) is 4.39 Å². The van der Waals surface area contributed by atoms with Crippen LogP contribution in [0.5, 0.6) is 0 Å². The summed E-state index contributed by atoms with van der Waals surface area (Å²) in [7, 11) is -3.42. The first-order chi connectivity index (χ1) is 17.8. The Labute approximate surface area is 211 Å². The fourth-order valence-electron chi connectivity index (χ4n) is 4.48. The Bertz CT molecular complexity index is 1790. The zero-order chi connectivity index (χ0) is 25.6. The van der Waals surface area contributed by atoms with Crippen molar-refractivity contribution in [2.75, 3.05) is 19.3 Å². The molecule has 1 aliphatic rings. The van der Waals surface area contributed by atoms with E-state index in [-0.39, 0.29) is 6.54 Å². The van der Waals surface area contributed by atoms with Gasteiger partial charge in [0.2, 0.25) is 10.0 Å². The van der Waals surface area contributed by atoms with E-state index in [0.29, 0.717) is 44.9 Å². The minimum absolute atomic E-state index is 0.0220. The van der Waals surface area contributed by atoms with E-state index < -0.39 is 15.8 Å². The Morgan fingerprint density at radius 3 is 2.84 bits per heavy atom. The van der Waals surface area contributed by atoms with Gasteiger partial charge in [-0.2, -0.15) is 5.10 Å². The van der Waals surface area contributed by atoms with Crippen molar-refractivity contribution in [3.63, 3.8) is 0 Å². The van der Waals surface area contributed by atoms with Crippen LogP contribution in [0, 0.1) is 5.82 Å². The van der Waals surface area contributed by atoms with Gasteiger partial charge in [0.15, 0.2) is 17.2 Å². The molecule has 5 aromatic rings. The van der Waals surface area contributed by atoms with Crippen LogP contribution in [-0.4, -0.2) is 57.9 Å². The van der Waals surface area contributed by atoms with E-state index in [0.717, 1.165) is 37.0 Å². The number of aromatic amines is 2. The summed E-state index contributed by atoms with van der Waals surface area (Å²) in [5.41, 5.74) is 6.93. The molecule has 0 saturated heterocycles. The summed E-state index contributed by atoms with van der Waals surface area (Å²) in [4.78, 5) is 17.2. The quantitative estimate of drug-likeness (QED) is 0.271. The maximum absolute atomic E-state index is 14.5. The highest BCUT2D eigenvalue weighted by molar-refractivity contribution is 7.88. The first-order valence-corrected chi connectivity index (χ1v) is 13.6. The lowest BCUT2D eigenvalue weighted by Crippen LogP contribution is -2.21. The molecule has 4 aromatic heterocycles. The lowest BCUT2D eigenvalue weighted by Gasteiger charge is -2.13. The Morgan fingerprint density at radius 2 is 2.03 bits per heavy atom. The molecule has 5 heterocycles. The monoisotopic (exact) mass is 518 g/mol. The third-order valence-electron chi connectivity index (χ3n) is 6.22. The summed E-state index contributed by atoms with van der Waals surface area (Å²) < 4.78 is 39.9. The topological polar surface area (TPSA) is 141 Å². The van der Waals surface area contributed by atoms with Gasteiger partial charge in [0, 0.05) is 24.8 Å². The van der Waals surface area contributed by atoms with Gasteiger partial charge in [-0.15, -0.1) is 0 Å². The molecule has 0 radical (unpaired) electrons. The molecule has 4 N–H and O–H groups in total. The van der Waals surface area contributed by atoms with Crippen LogP contribution in [0.3, 0.4) is 0 Å². The minimum atomic E-state index is -3.42. The van der Waals surface area contributed by atoms with Gasteiger partial charge in [-0.1, -0.05) is 6.08 Å². The first kappa shape index (κ1) is 23.4. The first-order valence-electron chi connectivity index (χ1n) is 11.7. The maximum atomic E-state index is 14.5. The summed E-state index contributed by atoms with van der Waals surface area (Å²) >= 11 is 0. The highest BCUT2D eigenvalue weighted by atomic mass is 32.2. The van der Waals surface area contributed by atoms with Gasteiger partial charge in [0.25, 0.3) is 0 Å². The summed E-state index contributed by atoms with van der Waals surface area (Å²) in [5.74, 6) is 0.00949. The van der Waals surface area contributed by atoms with Crippen molar-refractivity contribution in [2.45, 2.75) is 13.0 Å². The number of hydrogen-bond donors (Lipinski definition) is 4. The van der Waals surface area contributed by atoms with Crippen molar-refractivity contribution in [1.82, 2.24) is 40.2 Å². The third kappa shape index (κ3) is 4.73. The number of fused-ring (bicyclic) bond motifs is 2. The van der Waals surface area contributed by atoms with E-state index in [4.69, 9.17) is 4.98 Å². The number of halogens is 1. The number of pyridine rings is 2. The number of aromatic nitrogens is 6. The summed E-state index contributed by atoms with van der Waals surface area (Å²) in [6.07, 6.45) is 5.71. The van der Waals surface area contributed by atoms with E-state index in [1.807, 2.05) is 12.1 Å². The fraction of sp³-hybridized carbons (Fsp3) is 0.200. The smallest absolute Gasteiger partial charge is 0.209 e. The second-order valence-electron chi connectivity index (χ2n) is 8.93. The average Bonchev–Trinajstić information content (AvgIpc) is 3.51. The Hall–Kier alpha value is -4.00. The van der Waals surface area contributed by atoms with E-state index in [1.165, 1.54) is 17.7 Å². The van der Waals surface area contributed by atoms with Crippen LogP contribution in [0.15, 0.2) is 48.7 Å². The number of nitrogens with zero attached hydrogens (tertiary/aromatic N) is 4. The largest absolute Gasteiger partial charge is 0.335 e. The zero-order valence-electron chi connectivity index (χ0n) is 19.8. The highest BCUT2D eigenvalue weighted by Crippen LogP contribution is 2.31. The number of benzene rings is 1. The second kappa shape index (κ2) is 9.14. The molecule has 188 valence electrons. The van der Waals surface area contributed by atoms with Crippen molar-refractivity contribution in [3.8, 4) is 22.6 Å². The standard InChI is InChI=1S/C25H23FN8O2S/c1-37(35,36)29-13-14-10-16(12-17(26)11-14)18-6-9-28-24-21(18)31-25(32-24)23-22-20(33-34-23)3-2-19(30-22)15-4-7-27-8-5-15/h2-4,6,9-12,27,29H,5,7-8,13H2,1H3,(H,33,34)(H,28,31,32). The number of nitrogens with one attached hydrogen (secondary N) is 4. The summed E-state index contributed by atoms with van der Waals surface area (Å²) in [5, 5.41) is 10.8. The molecule has 0 spiro atoms. The van der Waals surface area contributed by atoms with Crippen molar-refractivity contribution < 1.29 is 12.8 Å². The number of hydrogen-bond acceptors (Lipinski definition) is 7. The van der Waals surface area contributed by atoms with Crippen molar-refractivity contribution in [3.05, 3.63) is 65.7 Å². The maximum Gasteiger partial charge on any atom is 0.209 e. The van der Waals surface area contributed by atoms with Crippen molar-refractivity contribution in [2.24, 2.45) is 0 Å². The highest BCUT2D eigenvalue weighted by Gasteiger charge is 2.18. The van der Waals surface area contributed by atoms with Gasteiger partial charge in [0.1, 0.15) is 11.3 Å². The molecule has 0 atom stereocenters. The molecule has 0 bridgehead atoms. The number of rotatable bonds is 6. The normalized spacial score (nSPS) is 14.4. The van der Waals surface area contributed by atoms with Gasteiger partial charge in [-0.05, 0) is 66.1 Å². The lowest BCUT2D eigenvalue weighted by atomic mass is 10.0. The molecule has 0 saturated carbocycles. The van der Waals surface area contributed by atoms with Gasteiger partial charge in [-0.3, -0.25) is 5.10 Å². The SMILES string of the molecule is CS(=O)(=O)NCc1cc(F)cc(-c2ccnc3nc(-c4n[nH]c5ccc(C6=CCNCC6)nc45)[nH]c23)c1. The van der Waals surface area contributed by atoms with Gasteiger partial charge in [0.05, 0.1) is 23.0 Å². The van der Waals surface area contributed by atoms with Crippen LogP contribution in [0.2, 0.25) is 0 Å². The Balaban J connectivity index is 1.42. The predicted octanol–water partition coefficient (Wildman–Crippen LogP) is 3.13. The third-order valence-corrected chi connectivity index (χ3v) is 6.89. The zero-order valence-corrected chi connectivity index (χ0v) is 20.7. The van der Waals surface area contributed by atoms with Crippen LogP contribution >= 0.6 is 0 Å². The van der Waals surface area contributed by atoms with Crippen molar-refractivity contribution in [1.29, 1.82) is 0 Å². The molecule has 1 aromatic carbocycles. The predicted molar refractivity (Wildman–Crippen MR) is 139 cm³/mol. The molecule has 0 unspecified atom stereocenters. The van der Waals surface area contributed by atoms with Crippen molar-refractivity contribution >= 4 is 37.8 Å². The number of imidazole rings is 1. The summed E-state index contributed by atoms with van der Waals surface area (Å²) in [6.45, 7) is 1.71. The fourth-order valence-corrected chi connectivity index (χ4v) is 4.91. The lowest BCUT2D eigenvalue weighted by molar-refractivity contribution is 0.586. The van der Waals surface area contributed by atoms with E-state index in [9.17, 15) is 12.8 Å². The molecule has 0 aliphatic carbocycles. The second-order valence-corrected chi connectivity index (χ2v) is 10.8. The molecular weight excluding hydrogens is 495 g/mol. The number of H-pyrrole nitrogens is 2.